The van der Waals surface area contributed by atoms with Crippen LogP contribution in [0.25, 0.3) is 11.1 Å². The molecule has 1 heterocycles. The molecule has 1 aromatic heterocycles. The van der Waals surface area contributed by atoms with Crippen LogP contribution >= 0.6 is 27.5 Å². The summed E-state index contributed by atoms with van der Waals surface area (Å²) in [6, 6.07) is 14.9. The first-order valence-electron chi connectivity index (χ1n) is 7.92. The van der Waals surface area contributed by atoms with E-state index in [1.54, 1.807) is 36.0 Å². The molecule has 0 aliphatic heterocycles. The van der Waals surface area contributed by atoms with E-state index in [1.165, 1.54) is 0 Å². The van der Waals surface area contributed by atoms with Gasteiger partial charge in [-0.2, -0.15) is 5.10 Å². The number of nitrogens with zero attached hydrogens (tertiary/aromatic N) is 2. The second kappa shape index (κ2) is 7.93. The highest BCUT2D eigenvalue weighted by molar-refractivity contribution is 9.10. The SMILES string of the molecule is Cc1nn(C)c(NC(=O)COc2ccccc2Cl)c1-c1ccc(Br)cc1. The van der Waals surface area contributed by atoms with Crippen LogP contribution in [0.1, 0.15) is 5.69 Å². The maximum atomic E-state index is 12.4. The molecular formula is C19H17BrClN3O2. The molecule has 26 heavy (non-hydrogen) atoms. The number of anilines is 1. The summed E-state index contributed by atoms with van der Waals surface area (Å²) >= 11 is 9.47. The van der Waals surface area contributed by atoms with Crippen molar-refractivity contribution in [2.45, 2.75) is 6.92 Å². The van der Waals surface area contributed by atoms with Gasteiger partial charge in [0.15, 0.2) is 6.61 Å². The molecule has 5 nitrogen and oxygen atoms in total. The molecule has 0 bridgehead atoms. The first-order valence-corrected chi connectivity index (χ1v) is 9.09. The van der Waals surface area contributed by atoms with Crippen molar-refractivity contribution in [1.82, 2.24) is 9.78 Å². The average molecular weight is 435 g/mol. The summed E-state index contributed by atoms with van der Waals surface area (Å²) in [7, 11) is 1.79. The van der Waals surface area contributed by atoms with E-state index in [0.717, 1.165) is 21.3 Å². The monoisotopic (exact) mass is 433 g/mol. The van der Waals surface area contributed by atoms with Gasteiger partial charge >= 0.3 is 0 Å². The molecule has 3 rings (SSSR count). The summed E-state index contributed by atoms with van der Waals surface area (Å²) in [5, 5.41) is 7.77. The zero-order valence-corrected chi connectivity index (χ0v) is 16.6. The standard InChI is InChI=1S/C19H17BrClN3O2/c1-12-18(13-7-9-14(20)10-8-13)19(24(2)23-12)22-17(25)11-26-16-6-4-3-5-15(16)21/h3-10H,11H2,1-2H3,(H,22,25). The summed E-state index contributed by atoms with van der Waals surface area (Å²) in [5.74, 6) is 0.808. The predicted octanol–water partition coefficient (Wildman–Crippen LogP) is 4.83. The molecule has 0 aliphatic rings. The van der Waals surface area contributed by atoms with Crippen LogP contribution in [-0.4, -0.2) is 22.3 Å². The van der Waals surface area contributed by atoms with Gasteiger partial charge in [0.1, 0.15) is 11.6 Å². The highest BCUT2D eigenvalue weighted by Crippen LogP contribution is 2.32. The fraction of sp³-hybridized carbons (Fsp3) is 0.158. The molecule has 0 unspecified atom stereocenters. The van der Waals surface area contributed by atoms with Gasteiger partial charge in [0.25, 0.3) is 5.91 Å². The molecule has 0 spiro atoms. The van der Waals surface area contributed by atoms with Crippen LogP contribution in [0.15, 0.2) is 53.0 Å². The Morgan fingerprint density at radius 2 is 1.92 bits per heavy atom. The van der Waals surface area contributed by atoms with E-state index in [0.29, 0.717) is 16.6 Å². The number of nitrogens with one attached hydrogen (secondary N) is 1. The maximum absolute atomic E-state index is 12.4. The lowest BCUT2D eigenvalue weighted by Crippen LogP contribution is -2.22. The Labute approximate surface area is 165 Å². The minimum absolute atomic E-state index is 0.145. The second-order valence-electron chi connectivity index (χ2n) is 5.71. The summed E-state index contributed by atoms with van der Waals surface area (Å²) in [4.78, 5) is 12.4. The van der Waals surface area contributed by atoms with Gasteiger partial charge in [-0.05, 0) is 36.8 Å². The Kier molecular flexibility index (Phi) is 5.64. The molecule has 0 fully saturated rings. The van der Waals surface area contributed by atoms with Crippen LogP contribution in [0.5, 0.6) is 5.75 Å². The Morgan fingerprint density at radius 1 is 1.23 bits per heavy atom. The Morgan fingerprint density at radius 3 is 2.62 bits per heavy atom. The number of hydrogen-bond donors (Lipinski definition) is 1. The third-order valence-electron chi connectivity index (χ3n) is 3.81. The fourth-order valence-electron chi connectivity index (χ4n) is 2.64. The highest BCUT2D eigenvalue weighted by Gasteiger charge is 2.17. The molecule has 1 N–H and O–H groups in total. The Hall–Kier alpha value is -2.31. The van der Waals surface area contributed by atoms with Gasteiger partial charge < -0.3 is 10.1 Å². The van der Waals surface area contributed by atoms with Gasteiger partial charge in [0.05, 0.1) is 10.7 Å². The first-order chi connectivity index (χ1) is 12.5. The number of para-hydroxylation sites is 1. The minimum Gasteiger partial charge on any atom is -0.482 e. The summed E-state index contributed by atoms with van der Waals surface area (Å²) in [5.41, 5.74) is 2.68. The molecule has 0 saturated carbocycles. The van der Waals surface area contributed by atoms with E-state index in [1.807, 2.05) is 31.2 Å². The molecule has 1 amide bonds. The molecule has 0 atom stereocenters. The van der Waals surface area contributed by atoms with Gasteiger partial charge in [0.2, 0.25) is 0 Å². The topological polar surface area (TPSA) is 56.2 Å². The molecular weight excluding hydrogens is 418 g/mol. The Balaban J connectivity index is 1.78. The normalized spacial score (nSPS) is 10.6. The Bertz CT molecular complexity index is 938. The molecule has 0 aliphatic carbocycles. The quantitative estimate of drug-likeness (QED) is 0.626. The second-order valence-corrected chi connectivity index (χ2v) is 7.03. The number of rotatable bonds is 5. The number of benzene rings is 2. The van der Waals surface area contributed by atoms with Crippen LogP contribution in [0.3, 0.4) is 0 Å². The lowest BCUT2D eigenvalue weighted by atomic mass is 10.1. The van der Waals surface area contributed by atoms with E-state index in [-0.39, 0.29) is 12.5 Å². The third kappa shape index (κ3) is 4.08. The fourth-order valence-corrected chi connectivity index (χ4v) is 3.09. The molecule has 0 radical (unpaired) electrons. The number of halogens is 2. The summed E-state index contributed by atoms with van der Waals surface area (Å²) in [6.45, 7) is 1.76. The van der Waals surface area contributed by atoms with Crippen LogP contribution in [-0.2, 0) is 11.8 Å². The number of aromatic nitrogens is 2. The number of carbonyl (C=O) groups is 1. The maximum Gasteiger partial charge on any atom is 0.263 e. The van der Waals surface area contributed by atoms with Gasteiger partial charge in [-0.1, -0.05) is 51.8 Å². The largest absolute Gasteiger partial charge is 0.482 e. The minimum atomic E-state index is -0.286. The molecule has 7 heteroatoms. The predicted molar refractivity (Wildman–Crippen MR) is 107 cm³/mol. The third-order valence-corrected chi connectivity index (χ3v) is 4.65. The number of hydrogen-bond acceptors (Lipinski definition) is 3. The number of amides is 1. The molecule has 3 aromatic rings. The first kappa shape index (κ1) is 18.5. The van der Waals surface area contributed by atoms with Crippen molar-refractivity contribution < 1.29 is 9.53 Å². The number of carbonyl (C=O) groups excluding carboxylic acids is 1. The van der Waals surface area contributed by atoms with E-state index >= 15 is 0 Å². The van der Waals surface area contributed by atoms with Crippen molar-refractivity contribution >= 4 is 39.3 Å². The van der Waals surface area contributed by atoms with Gasteiger partial charge in [0, 0.05) is 17.1 Å². The molecule has 2 aromatic carbocycles. The van der Waals surface area contributed by atoms with Crippen LogP contribution < -0.4 is 10.1 Å². The lowest BCUT2D eigenvalue weighted by Gasteiger charge is -2.11. The highest BCUT2D eigenvalue weighted by atomic mass is 79.9. The van der Waals surface area contributed by atoms with Crippen molar-refractivity contribution in [2.24, 2.45) is 7.05 Å². The number of ether oxygens (including phenoxy) is 1. The zero-order chi connectivity index (χ0) is 18.7. The van der Waals surface area contributed by atoms with Crippen molar-refractivity contribution in [3.8, 4) is 16.9 Å². The van der Waals surface area contributed by atoms with Crippen molar-refractivity contribution in [3.63, 3.8) is 0 Å². The van der Waals surface area contributed by atoms with Crippen molar-refractivity contribution in [2.75, 3.05) is 11.9 Å². The van der Waals surface area contributed by atoms with Gasteiger partial charge in [-0.25, -0.2) is 0 Å². The van der Waals surface area contributed by atoms with E-state index in [4.69, 9.17) is 16.3 Å². The van der Waals surface area contributed by atoms with Crippen LogP contribution in [0, 0.1) is 6.92 Å². The van der Waals surface area contributed by atoms with Crippen LogP contribution in [0.4, 0.5) is 5.82 Å². The van der Waals surface area contributed by atoms with Crippen molar-refractivity contribution in [1.29, 1.82) is 0 Å². The number of aryl methyl sites for hydroxylation is 2. The van der Waals surface area contributed by atoms with E-state index < -0.39 is 0 Å². The van der Waals surface area contributed by atoms with E-state index in [2.05, 4.69) is 26.3 Å². The molecule has 0 saturated heterocycles. The average Bonchev–Trinajstić information content (AvgIpc) is 2.88. The van der Waals surface area contributed by atoms with Gasteiger partial charge in [-0.3, -0.25) is 9.48 Å². The van der Waals surface area contributed by atoms with Gasteiger partial charge in [-0.15, -0.1) is 0 Å². The summed E-state index contributed by atoms with van der Waals surface area (Å²) in [6.07, 6.45) is 0. The zero-order valence-electron chi connectivity index (χ0n) is 14.3. The van der Waals surface area contributed by atoms with Crippen LogP contribution in [0.2, 0.25) is 5.02 Å². The van der Waals surface area contributed by atoms with Crippen molar-refractivity contribution in [3.05, 3.63) is 63.7 Å². The van der Waals surface area contributed by atoms with E-state index in [9.17, 15) is 4.79 Å². The molecule has 134 valence electrons. The lowest BCUT2D eigenvalue weighted by molar-refractivity contribution is -0.118. The smallest absolute Gasteiger partial charge is 0.263 e. The summed E-state index contributed by atoms with van der Waals surface area (Å²) < 4.78 is 8.14.